The first-order valence-electron chi connectivity index (χ1n) is 7.40. The molecule has 0 bridgehead atoms. The smallest absolute Gasteiger partial charge is 0.180 e. The Morgan fingerprint density at radius 2 is 1.71 bits per heavy atom. The number of rotatable bonds is 2. The minimum Gasteiger partial charge on any atom is -0.508 e. The van der Waals surface area contributed by atoms with Crippen LogP contribution in [-0.2, 0) is 0 Å². The monoisotopic (exact) mass is 318 g/mol. The number of phenolic OH excluding ortho intramolecular Hbond substituents is 1. The zero-order valence-corrected chi connectivity index (χ0v) is 12.6. The Hall–Kier alpha value is -3.47. The zero-order chi connectivity index (χ0) is 16.7. The second-order valence-corrected chi connectivity index (χ2v) is 5.50. The Labute approximate surface area is 137 Å². The van der Waals surface area contributed by atoms with Crippen molar-refractivity contribution in [1.82, 2.24) is 0 Å². The van der Waals surface area contributed by atoms with E-state index in [4.69, 9.17) is 10.2 Å². The van der Waals surface area contributed by atoms with E-state index in [1.807, 2.05) is 36.4 Å². The maximum atomic E-state index is 9.47. The number of hydrogen-bond acceptors (Lipinski definition) is 5. The Kier molecular flexibility index (Phi) is 3.13. The molecule has 4 N–H and O–H groups in total. The molecule has 0 aliphatic rings. The Morgan fingerprint density at radius 3 is 2.46 bits per heavy atom. The summed E-state index contributed by atoms with van der Waals surface area (Å²) in [6.07, 6.45) is 0. The zero-order valence-electron chi connectivity index (χ0n) is 12.6. The molecule has 118 valence electrons. The quantitative estimate of drug-likeness (QED) is 0.295. The number of nitrogens with two attached hydrogens (primary N) is 1. The molecule has 0 amide bonds. The molecule has 0 saturated carbocycles. The predicted octanol–water partition coefficient (Wildman–Crippen LogP) is 4.10. The van der Waals surface area contributed by atoms with Crippen LogP contribution in [-0.4, -0.2) is 16.0 Å². The van der Waals surface area contributed by atoms with Crippen molar-refractivity contribution in [2.75, 3.05) is 5.73 Å². The minimum atomic E-state index is 0.125. The van der Waals surface area contributed by atoms with Gasteiger partial charge in [0.2, 0.25) is 0 Å². The summed E-state index contributed by atoms with van der Waals surface area (Å²) in [5.41, 5.74) is 8.16. The molecule has 4 aromatic rings. The van der Waals surface area contributed by atoms with E-state index in [0.717, 1.165) is 16.2 Å². The van der Waals surface area contributed by atoms with Crippen LogP contribution in [0.2, 0.25) is 0 Å². The van der Waals surface area contributed by atoms with E-state index in [9.17, 15) is 10.3 Å². The largest absolute Gasteiger partial charge is 0.508 e. The maximum absolute atomic E-state index is 9.47. The fourth-order valence-corrected chi connectivity index (χ4v) is 2.92. The summed E-state index contributed by atoms with van der Waals surface area (Å²) >= 11 is 0. The predicted molar refractivity (Wildman–Crippen MR) is 93.7 cm³/mol. The lowest BCUT2D eigenvalue weighted by Gasteiger charge is -2.03. The van der Waals surface area contributed by atoms with Crippen molar-refractivity contribution in [3.8, 4) is 5.75 Å². The van der Waals surface area contributed by atoms with Gasteiger partial charge in [-0.15, -0.1) is 0 Å². The van der Waals surface area contributed by atoms with Gasteiger partial charge < -0.3 is 20.5 Å². The number of furan rings is 1. The standard InChI is InChI=1S/C19H14N2O3/c20-17-16-14-4-2-1-3-11(14)7-10-15(16)24-19(17)18(21-23)12-5-8-13(22)9-6-12/h1-10,22-23H,20H2/b21-18+. The highest BCUT2D eigenvalue weighted by atomic mass is 16.4. The van der Waals surface area contributed by atoms with Crippen molar-refractivity contribution in [3.63, 3.8) is 0 Å². The highest BCUT2D eigenvalue weighted by Gasteiger charge is 2.20. The molecule has 0 radical (unpaired) electrons. The van der Waals surface area contributed by atoms with Gasteiger partial charge in [0.1, 0.15) is 11.3 Å². The van der Waals surface area contributed by atoms with Crippen LogP contribution in [0.1, 0.15) is 11.3 Å². The van der Waals surface area contributed by atoms with Gasteiger partial charge >= 0.3 is 0 Å². The van der Waals surface area contributed by atoms with Gasteiger partial charge in [-0.3, -0.25) is 0 Å². The van der Waals surface area contributed by atoms with Gasteiger partial charge in [0.15, 0.2) is 11.5 Å². The first-order chi connectivity index (χ1) is 11.7. The minimum absolute atomic E-state index is 0.125. The van der Waals surface area contributed by atoms with Crippen LogP contribution in [0.25, 0.3) is 21.7 Å². The third kappa shape index (κ3) is 2.06. The number of nitrogen functional groups attached to an aromatic ring is 1. The number of oxime groups is 1. The van der Waals surface area contributed by atoms with Crippen LogP contribution < -0.4 is 5.73 Å². The molecule has 4 rings (SSSR count). The fourth-order valence-electron chi connectivity index (χ4n) is 2.92. The molecule has 0 spiro atoms. The molecule has 3 aromatic carbocycles. The second-order valence-electron chi connectivity index (χ2n) is 5.50. The summed E-state index contributed by atoms with van der Waals surface area (Å²) in [7, 11) is 0. The molecule has 0 saturated heterocycles. The average molecular weight is 318 g/mol. The van der Waals surface area contributed by atoms with E-state index >= 15 is 0 Å². The third-order valence-corrected chi connectivity index (χ3v) is 4.07. The topological polar surface area (TPSA) is 92.0 Å². The van der Waals surface area contributed by atoms with Crippen molar-refractivity contribution in [1.29, 1.82) is 0 Å². The molecule has 5 heteroatoms. The summed E-state index contributed by atoms with van der Waals surface area (Å²) in [5.74, 6) is 0.425. The van der Waals surface area contributed by atoms with E-state index in [1.54, 1.807) is 12.1 Å². The number of hydrogen-bond donors (Lipinski definition) is 3. The number of aromatic hydroxyl groups is 1. The summed E-state index contributed by atoms with van der Waals surface area (Å²) in [5, 5.41) is 25.1. The summed E-state index contributed by atoms with van der Waals surface area (Å²) in [4.78, 5) is 0. The molecule has 5 nitrogen and oxygen atoms in total. The van der Waals surface area contributed by atoms with Crippen molar-refractivity contribution in [2.24, 2.45) is 5.16 Å². The molecule has 0 aliphatic heterocycles. The molecular formula is C19H14N2O3. The lowest BCUT2D eigenvalue weighted by molar-refractivity contribution is 0.318. The lowest BCUT2D eigenvalue weighted by atomic mass is 10.0. The number of phenols is 1. The molecule has 0 aliphatic carbocycles. The highest BCUT2D eigenvalue weighted by molar-refractivity contribution is 6.21. The van der Waals surface area contributed by atoms with Crippen LogP contribution in [0.4, 0.5) is 5.69 Å². The summed E-state index contributed by atoms with van der Waals surface area (Å²) in [6, 6.07) is 18.0. The van der Waals surface area contributed by atoms with Crippen LogP contribution in [0.5, 0.6) is 5.75 Å². The fraction of sp³-hybridized carbons (Fsp3) is 0. The lowest BCUT2D eigenvalue weighted by Crippen LogP contribution is -2.04. The molecule has 0 unspecified atom stereocenters. The Bertz CT molecular complexity index is 1080. The maximum Gasteiger partial charge on any atom is 0.180 e. The van der Waals surface area contributed by atoms with Crippen molar-refractivity contribution >= 4 is 33.1 Å². The first-order valence-corrected chi connectivity index (χ1v) is 7.40. The van der Waals surface area contributed by atoms with Gasteiger partial charge in [-0.05, 0) is 41.1 Å². The first kappa shape index (κ1) is 14.1. The van der Waals surface area contributed by atoms with Gasteiger partial charge in [0.25, 0.3) is 0 Å². The number of anilines is 1. The summed E-state index contributed by atoms with van der Waals surface area (Å²) in [6.45, 7) is 0. The molecule has 0 fully saturated rings. The molecule has 0 atom stereocenters. The third-order valence-electron chi connectivity index (χ3n) is 4.07. The average Bonchev–Trinajstić information content (AvgIpc) is 2.94. The van der Waals surface area contributed by atoms with Gasteiger partial charge in [0.05, 0.1) is 11.1 Å². The highest BCUT2D eigenvalue weighted by Crippen LogP contribution is 2.35. The normalized spacial score (nSPS) is 12.1. The number of nitrogens with zero attached hydrogens (tertiary/aromatic N) is 1. The van der Waals surface area contributed by atoms with Crippen molar-refractivity contribution in [2.45, 2.75) is 0 Å². The van der Waals surface area contributed by atoms with Crippen molar-refractivity contribution in [3.05, 3.63) is 72.0 Å². The molecular weight excluding hydrogens is 304 g/mol. The van der Waals surface area contributed by atoms with E-state index in [2.05, 4.69) is 5.16 Å². The van der Waals surface area contributed by atoms with Crippen LogP contribution >= 0.6 is 0 Å². The van der Waals surface area contributed by atoms with Gasteiger partial charge in [-0.1, -0.05) is 35.5 Å². The van der Waals surface area contributed by atoms with Crippen molar-refractivity contribution < 1.29 is 14.7 Å². The van der Waals surface area contributed by atoms with Gasteiger partial charge in [-0.25, -0.2) is 0 Å². The molecule has 1 aromatic heterocycles. The van der Waals surface area contributed by atoms with E-state index in [0.29, 0.717) is 22.6 Å². The van der Waals surface area contributed by atoms with Crippen LogP contribution in [0, 0.1) is 0 Å². The van der Waals surface area contributed by atoms with Crippen LogP contribution in [0.3, 0.4) is 0 Å². The second kappa shape index (κ2) is 5.31. The van der Waals surface area contributed by atoms with E-state index in [-0.39, 0.29) is 11.5 Å². The number of fused-ring (bicyclic) bond motifs is 3. The molecule has 24 heavy (non-hydrogen) atoms. The Balaban J connectivity index is 1.98. The van der Waals surface area contributed by atoms with E-state index < -0.39 is 0 Å². The van der Waals surface area contributed by atoms with Gasteiger partial charge in [0, 0.05) is 5.56 Å². The SMILES string of the molecule is Nc1c(/C(=N/O)c2ccc(O)cc2)oc2ccc3ccccc3c12. The van der Waals surface area contributed by atoms with Crippen LogP contribution in [0.15, 0.2) is 70.2 Å². The summed E-state index contributed by atoms with van der Waals surface area (Å²) < 4.78 is 5.87. The molecule has 1 heterocycles. The van der Waals surface area contributed by atoms with E-state index in [1.165, 1.54) is 12.1 Å². The Morgan fingerprint density at radius 1 is 0.958 bits per heavy atom. The number of benzene rings is 3. The van der Waals surface area contributed by atoms with Gasteiger partial charge in [-0.2, -0.15) is 0 Å².